The Bertz CT molecular complexity index is 1090. The van der Waals surface area contributed by atoms with Crippen LogP contribution in [0.2, 0.25) is 0 Å². The second-order valence-corrected chi connectivity index (χ2v) is 7.26. The molecule has 0 aliphatic heterocycles. The number of pyridine rings is 1. The molecule has 0 saturated heterocycles. The summed E-state index contributed by atoms with van der Waals surface area (Å²) in [5, 5.41) is 0.949. The Labute approximate surface area is 163 Å². The van der Waals surface area contributed by atoms with Gasteiger partial charge in [0.25, 0.3) is 0 Å². The average Bonchev–Trinajstić information content (AvgIpc) is 3.19. The van der Waals surface area contributed by atoms with Gasteiger partial charge in [0.05, 0.1) is 16.6 Å². The third-order valence-electron chi connectivity index (χ3n) is 4.29. The summed E-state index contributed by atoms with van der Waals surface area (Å²) < 4.78 is 44.9. The fraction of sp³-hybridized carbons (Fsp3) is 0.143. The van der Waals surface area contributed by atoms with E-state index < -0.39 is 11.7 Å². The summed E-state index contributed by atoms with van der Waals surface area (Å²) in [4.78, 5) is 9.69. The first kappa shape index (κ1) is 18.4. The molecule has 28 heavy (non-hydrogen) atoms. The fourth-order valence-electron chi connectivity index (χ4n) is 2.95. The number of rotatable bonds is 5. The van der Waals surface area contributed by atoms with Crippen LogP contribution in [0.25, 0.3) is 10.9 Å². The van der Waals surface area contributed by atoms with Crippen LogP contribution >= 0.6 is 11.3 Å². The maximum atomic E-state index is 13.1. The van der Waals surface area contributed by atoms with Gasteiger partial charge >= 0.3 is 6.18 Å². The number of benzene rings is 2. The molecule has 2 aromatic carbocycles. The number of nitrogens with zero attached hydrogens (tertiary/aromatic N) is 2. The molecule has 2 aromatic heterocycles. The van der Waals surface area contributed by atoms with E-state index in [1.165, 1.54) is 12.1 Å². The summed E-state index contributed by atoms with van der Waals surface area (Å²) in [5.74, 6) is 0.479. The third kappa shape index (κ3) is 4.14. The highest BCUT2D eigenvalue weighted by Crippen LogP contribution is 2.32. The Balaban J connectivity index is 1.51. The van der Waals surface area contributed by atoms with Gasteiger partial charge in [-0.05, 0) is 29.8 Å². The van der Waals surface area contributed by atoms with Crippen molar-refractivity contribution in [2.24, 2.45) is 0 Å². The van der Waals surface area contributed by atoms with E-state index in [1.807, 2.05) is 18.3 Å². The zero-order valence-corrected chi connectivity index (χ0v) is 15.4. The minimum absolute atomic E-state index is 0.1000. The molecule has 142 valence electrons. The van der Waals surface area contributed by atoms with Gasteiger partial charge in [0.1, 0.15) is 12.4 Å². The van der Waals surface area contributed by atoms with Crippen LogP contribution in [0.3, 0.4) is 0 Å². The molecule has 7 heteroatoms. The Kier molecular flexibility index (Phi) is 5.00. The molecule has 0 unspecified atom stereocenters. The van der Waals surface area contributed by atoms with Gasteiger partial charge in [-0.2, -0.15) is 13.2 Å². The van der Waals surface area contributed by atoms with Crippen molar-refractivity contribution in [2.45, 2.75) is 19.2 Å². The van der Waals surface area contributed by atoms with Crippen LogP contribution in [0.1, 0.15) is 21.6 Å². The largest absolute Gasteiger partial charge is 0.489 e. The Hall–Kier alpha value is -2.93. The quantitative estimate of drug-likeness (QED) is 0.420. The molecule has 0 N–H and O–H groups in total. The highest BCUT2D eigenvalue weighted by molar-refractivity contribution is 7.09. The predicted octanol–water partition coefficient (Wildman–Crippen LogP) is 5.88. The fourth-order valence-corrected chi connectivity index (χ4v) is 3.58. The summed E-state index contributed by atoms with van der Waals surface area (Å²) in [6.07, 6.45) is -0.00512. The van der Waals surface area contributed by atoms with Gasteiger partial charge in [0.15, 0.2) is 0 Å². The molecular formula is C21H15F3N2OS. The van der Waals surface area contributed by atoms with E-state index >= 15 is 0 Å². The van der Waals surface area contributed by atoms with E-state index in [4.69, 9.17) is 4.74 Å². The van der Waals surface area contributed by atoms with Gasteiger partial charge in [-0.1, -0.05) is 18.2 Å². The van der Waals surface area contributed by atoms with E-state index in [0.29, 0.717) is 5.75 Å². The van der Waals surface area contributed by atoms with E-state index in [9.17, 15) is 13.2 Å². The zero-order valence-electron chi connectivity index (χ0n) is 14.6. The summed E-state index contributed by atoms with van der Waals surface area (Å²) in [6, 6.07) is 12.8. The van der Waals surface area contributed by atoms with Crippen LogP contribution in [0.5, 0.6) is 5.75 Å². The monoisotopic (exact) mass is 400 g/mol. The Morgan fingerprint density at radius 2 is 1.86 bits per heavy atom. The number of halogens is 3. The van der Waals surface area contributed by atoms with Crippen molar-refractivity contribution >= 4 is 22.2 Å². The number of hydrogen-bond acceptors (Lipinski definition) is 4. The van der Waals surface area contributed by atoms with Crippen molar-refractivity contribution in [1.29, 1.82) is 0 Å². The van der Waals surface area contributed by atoms with Crippen LogP contribution in [-0.4, -0.2) is 9.97 Å². The summed E-state index contributed by atoms with van der Waals surface area (Å²) in [6.45, 7) is -0.162. The van der Waals surface area contributed by atoms with Gasteiger partial charge in [0.2, 0.25) is 0 Å². The molecule has 0 spiro atoms. The third-order valence-corrected chi connectivity index (χ3v) is 5.07. The maximum Gasteiger partial charge on any atom is 0.416 e. The second-order valence-electron chi connectivity index (χ2n) is 6.29. The molecule has 0 bridgehead atoms. The molecule has 0 saturated carbocycles. The number of ether oxygens (including phenoxy) is 1. The first-order valence-electron chi connectivity index (χ1n) is 8.53. The lowest BCUT2D eigenvalue weighted by atomic mass is 10.1. The van der Waals surface area contributed by atoms with Crippen molar-refractivity contribution in [3.8, 4) is 5.75 Å². The van der Waals surface area contributed by atoms with E-state index in [2.05, 4.69) is 9.97 Å². The van der Waals surface area contributed by atoms with Gasteiger partial charge in [-0.25, -0.2) is 0 Å². The highest BCUT2D eigenvalue weighted by Gasteiger charge is 2.32. The molecule has 3 nitrogen and oxygen atoms in total. The molecule has 0 fully saturated rings. The smallest absolute Gasteiger partial charge is 0.416 e. The second kappa shape index (κ2) is 7.59. The zero-order chi connectivity index (χ0) is 19.6. The van der Waals surface area contributed by atoms with Crippen LogP contribution in [0.4, 0.5) is 13.2 Å². The number of thiazole rings is 1. The lowest BCUT2D eigenvalue weighted by Gasteiger charge is -2.13. The highest BCUT2D eigenvalue weighted by atomic mass is 32.1. The first-order valence-corrected chi connectivity index (χ1v) is 9.41. The molecule has 0 aliphatic carbocycles. The van der Waals surface area contributed by atoms with Crippen molar-refractivity contribution in [3.05, 3.63) is 88.0 Å². The molecule has 2 heterocycles. The van der Waals surface area contributed by atoms with Crippen molar-refractivity contribution < 1.29 is 17.9 Å². The molecular weight excluding hydrogens is 385 g/mol. The number of aromatic nitrogens is 2. The number of alkyl halides is 3. The van der Waals surface area contributed by atoms with E-state index in [-0.39, 0.29) is 12.2 Å². The minimum Gasteiger partial charge on any atom is -0.489 e. The van der Waals surface area contributed by atoms with Crippen LogP contribution in [0.15, 0.2) is 66.4 Å². The van der Waals surface area contributed by atoms with Crippen molar-refractivity contribution in [2.75, 3.05) is 0 Å². The topological polar surface area (TPSA) is 35.0 Å². The van der Waals surface area contributed by atoms with Gasteiger partial charge < -0.3 is 4.74 Å². The molecule has 0 radical (unpaired) electrons. The van der Waals surface area contributed by atoms with Gasteiger partial charge in [0, 0.05) is 40.7 Å². The Morgan fingerprint density at radius 1 is 1.00 bits per heavy atom. The normalized spacial score (nSPS) is 11.7. The van der Waals surface area contributed by atoms with E-state index in [0.717, 1.165) is 33.8 Å². The molecule has 0 atom stereocenters. The minimum atomic E-state index is -4.40. The lowest BCUT2D eigenvalue weighted by molar-refractivity contribution is -0.138. The summed E-state index contributed by atoms with van der Waals surface area (Å²) in [7, 11) is 0. The van der Waals surface area contributed by atoms with Crippen LogP contribution < -0.4 is 4.74 Å². The standard InChI is InChI=1S/C21H15F3N2OS/c22-21(23,24)19-4-2-1-3-16(19)12-27-17-6-5-15-7-14(10-26-20(15)9-17)8-18-11-25-13-28-18/h1-7,9-11,13H,8,12H2. The van der Waals surface area contributed by atoms with Gasteiger partial charge in [-0.15, -0.1) is 11.3 Å². The maximum absolute atomic E-state index is 13.1. The SMILES string of the molecule is FC(F)(F)c1ccccc1COc1ccc2cc(Cc3cncs3)cnc2c1. The number of fused-ring (bicyclic) bond motifs is 1. The summed E-state index contributed by atoms with van der Waals surface area (Å²) in [5.41, 5.74) is 3.02. The lowest BCUT2D eigenvalue weighted by Crippen LogP contribution is -2.10. The molecule has 0 amide bonds. The van der Waals surface area contributed by atoms with Gasteiger partial charge in [-0.3, -0.25) is 9.97 Å². The number of hydrogen-bond donors (Lipinski definition) is 0. The predicted molar refractivity (Wildman–Crippen MR) is 102 cm³/mol. The summed E-state index contributed by atoms with van der Waals surface area (Å²) >= 11 is 1.59. The average molecular weight is 400 g/mol. The van der Waals surface area contributed by atoms with Crippen LogP contribution in [-0.2, 0) is 19.2 Å². The van der Waals surface area contributed by atoms with Crippen molar-refractivity contribution in [3.63, 3.8) is 0 Å². The van der Waals surface area contributed by atoms with E-state index in [1.54, 1.807) is 41.2 Å². The molecule has 4 aromatic rings. The van der Waals surface area contributed by atoms with Crippen molar-refractivity contribution in [1.82, 2.24) is 9.97 Å². The Morgan fingerprint density at radius 3 is 2.64 bits per heavy atom. The van der Waals surface area contributed by atoms with Crippen LogP contribution in [0, 0.1) is 0 Å². The first-order chi connectivity index (χ1) is 13.5. The molecule has 4 rings (SSSR count). The molecule has 0 aliphatic rings.